The highest BCUT2D eigenvalue weighted by Crippen LogP contribution is 2.44. The molecule has 0 atom stereocenters. The Labute approximate surface area is 162 Å². The summed E-state index contributed by atoms with van der Waals surface area (Å²) in [6.45, 7) is 2.99. The lowest BCUT2D eigenvalue weighted by Crippen LogP contribution is -2.45. The zero-order valence-corrected chi connectivity index (χ0v) is 16.3. The van der Waals surface area contributed by atoms with Gasteiger partial charge in [-0.1, -0.05) is 11.6 Å². The average Bonchev–Trinajstić information content (AvgIpc) is 3.40. The van der Waals surface area contributed by atoms with E-state index < -0.39 is 16.8 Å². The summed E-state index contributed by atoms with van der Waals surface area (Å²) >= 11 is 7.88. The van der Waals surface area contributed by atoms with Crippen LogP contribution in [0.25, 0.3) is 21.1 Å². The van der Waals surface area contributed by atoms with Crippen LogP contribution in [0.4, 0.5) is 10.1 Å². The van der Waals surface area contributed by atoms with E-state index in [-0.39, 0.29) is 21.8 Å². The molecule has 0 bridgehead atoms. The molecule has 0 spiro atoms. The number of pyridine rings is 1. The summed E-state index contributed by atoms with van der Waals surface area (Å²) in [4.78, 5) is 29.8. The fourth-order valence-corrected chi connectivity index (χ4v) is 5.23. The molecule has 27 heavy (non-hydrogen) atoms. The van der Waals surface area contributed by atoms with Gasteiger partial charge in [-0.25, -0.2) is 4.39 Å². The number of nitrogens with zero attached hydrogens (tertiary/aromatic N) is 3. The van der Waals surface area contributed by atoms with Crippen molar-refractivity contribution in [2.45, 2.75) is 18.9 Å². The van der Waals surface area contributed by atoms with E-state index in [2.05, 4.69) is 9.27 Å². The molecule has 1 aliphatic carbocycles. The van der Waals surface area contributed by atoms with Crippen molar-refractivity contribution in [1.29, 1.82) is 0 Å². The van der Waals surface area contributed by atoms with Crippen molar-refractivity contribution in [3.8, 4) is 0 Å². The number of nitrogens with one attached hydrogen (secondary N) is 1. The van der Waals surface area contributed by atoms with E-state index in [1.54, 1.807) is 0 Å². The largest absolute Gasteiger partial charge is 0.365 e. The summed E-state index contributed by atoms with van der Waals surface area (Å²) < 4.78 is 19.7. The Balaban J connectivity index is 1.86. The lowest BCUT2D eigenvalue weighted by Gasteiger charge is -2.35. The first kappa shape index (κ1) is 17.2. The molecule has 0 radical (unpaired) electrons. The Hall–Kier alpha value is -1.90. The number of halogens is 2. The van der Waals surface area contributed by atoms with Crippen LogP contribution in [0.15, 0.2) is 15.7 Å². The summed E-state index contributed by atoms with van der Waals surface area (Å²) in [5, 5.41) is 0.544. The molecule has 0 amide bonds. The number of aromatic nitrogens is 2. The van der Waals surface area contributed by atoms with Crippen molar-refractivity contribution in [1.82, 2.24) is 13.8 Å². The first-order chi connectivity index (χ1) is 13.0. The molecule has 2 aromatic heterocycles. The van der Waals surface area contributed by atoms with Gasteiger partial charge in [-0.3, -0.25) is 14.0 Å². The molecule has 1 aromatic carbocycles. The van der Waals surface area contributed by atoms with Gasteiger partial charge in [-0.15, -0.1) is 0 Å². The van der Waals surface area contributed by atoms with Crippen molar-refractivity contribution >= 4 is 49.9 Å². The Bertz CT molecular complexity index is 1190. The van der Waals surface area contributed by atoms with E-state index in [0.29, 0.717) is 29.1 Å². The van der Waals surface area contributed by atoms with Gasteiger partial charge < -0.3 is 14.4 Å². The van der Waals surface area contributed by atoms with Crippen molar-refractivity contribution < 1.29 is 4.39 Å². The number of benzene rings is 1. The zero-order valence-electron chi connectivity index (χ0n) is 14.7. The van der Waals surface area contributed by atoms with Crippen LogP contribution in [0, 0.1) is 5.82 Å². The number of hydrogen-bond donors (Lipinski definition) is 1. The maximum atomic E-state index is 15.0. The van der Waals surface area contributed by atoms with Gasteiger partial charge >= 0.3 is 0 Å². The number of rotatable bonds is 2. The van der Waals surface area contributed by atoms with Crippen LogP contribution < -0.4 is 15.9 Å². The highest BCUT2D eigenvalue weighted by atomic mass is 35.5. The van der Waals surface area contributed by atoms with E-state index in [4.69, 9.17) is 11.6 Å². The smallest absolute Gasteiger partial charge is 0.271 e. The summed E-state index contributed by atoms with van der Waals surface area (Å²) in [7, 11) is 2.03. The van der Waals surface area contributed by atoms with Crippen molar-refractivity contribution in [2.24, 2.45) is 0 Å². The molecule has 6 nitrogen and oxygen atoms in total. The topological polar surface area (TPSA) is 61.3 Å². The van der Waals surface area contributed by atoms with Gasteiger partial charge in [0.1, 0.15) is 16.0 Å². The second kappa shape index (κ2) is 6.05. The van der Waals surface area contributed by atoms with Crippen molar-refractivity contribution in [3.05, 3.63) is 37.5 Å². The average molecular weight is 409 g/mol. The summed E-state index contributed by atoms with van der Waals surface area (Å²) in [6, 6.07) is 1.44. The quantitative estimate of drug-likeness (QED) is 0.708. The highest BCUT2D eigenvalue weighted by Gasteiger charge is 2.32. The van der Waals surface area contributed by atoms with Crippen LogP contribution >= 0.6 is 23.1 Å². The minimum Gasteiger partial charge on any atom is -0.365 e. The number of anilines is 1. The van der Waals surface area contributed by atoms with E-state index in [1.165, 1.54) is 6.07 Å². The van der Waals surface area contributed by atoms with Crippen LogP contribution in [0.2, 0.25) is 5.02 Å². The number of aromatic amines is 1. The second-order valence-corrected chi connectivity index (χ2v) is 8.52. The highest BCUT2D eigenvalue weighted by molar-refractivity contribution is 7.12. The molecule has 3 heterocycles. The summed E-state index contributed by atoms with van der Waals surface area (Å²) in [5.74, 6) is -0.512. The van der Waals surface area contributed by atoms with Gasteiger partial charge in [0.2, 0.25) is 5.43 Å². The lowest BCUT2D eigenvalue weighted by molar-refractivity contribution is 0.312. The van der Waals surface area contributed by atoms with Crippen molar-refractivity contribution in [2.75, 3.05) is 38.1 Å². The fraction of sp³-hybridized carbons (Fsp3) is 0.444. The molecule has 1 aliphatic heterocycles. The number of hydrogen-bond acceptors (Lipinski definition) is 5. The predicted molar refractivity (Wildman–Crippen MR) is 107 cm³/mol. The Kier molecular flexibility index (Phi) is 3.86. The maximum Gasteiger partial charge on any atom is 0.271 e. The molecule has 2 aliphatic rings. The molecule has 1 N–H and O–H groups in total. The normalized spacial score (nSPS) is 18.7. The number of likely N-dealkylation sites (N-methyl/N-ethyl adjacent to an activating group) is 1. The van der Waals surface area contributed by atoms with Crippen LogP contribution in [-0.4, -0.2) is 47.1 Å². The van der Waals surface area contributed by atoms with Crippen LogP contribution in [-0.2, 0) is 0 Å². The van der Waals surface area contributed by atoms with Crippen LogP contribution in [0.3, 0.4) is 0 Å². The van der Waals surface area contributed by atoms with E-state index in [1.807, 2.05) is 16.5 Å². The molecule has 1 saturated carbocycles. The van der Waals surface area contributed by atoms with Crippen molar-refractivity contribution in [3.63, 3.8) is 0 Å². The molecular weight excluding hydrogens is 391 g/mol. The Morgan fingerprint density at radius 2 is 1.93 bits per heavy atom. The standard InChI is InChI=1S/C18H18ClFN4O2S/c1-22-4-6-23(7-5-22)15-11(20)8-10-14(13(15)19)24(9-2-3-9)18-12(16(10)25)17(26)21-27-18/h8-9H,2-7H2,1H3,(H,21,26). The van der Waals surface area contributed by atoms with E-state index in [0.717, 1.165) is 37.5 Å². The van der Waals surface area contributed by atoms with Gasteiger partial charge in [0.25, 0.3) is 5.56 Å². The monoisotopic (exact) mass is 408 g/mol. The third-order valence-electron chi connectivity index (χ3n) is 5.51. The van der Waals surface area contributed by atoms with E-state index >= 15 is 4.39 Å². The molecule has 0 unspecified atom stereocenters. The molecule has 1 saturated heterocycles. The summed E-state index contributed by atoms with van der Waals surface area (Å²) in [6.07, 6.45) is 1.91. The molecular formula is C18H18ClFN4O2S. The van der Waals surface area contributed by atoms with E-state index in [9.17, 15) is 9.59 Å². The fourth-order valence-electron chi connectivity index (χ4n) is 3.91. The minimum atomic E-state index is -0.512. The van der Waals surface area contributed by atoms with Gasteiger partial charge in [0, 0.05) is 32.2 Å². The zero-order chi connectivity index (χ0) is 18.9. The predicted octanol–water partition coefficient (Wildman–Crippen LogP) is 2.78. The van der Waals surface area contributed by atoms with Gasteiger partial charge in [-0.2, -0.15) is 0 Å². The van der Waals surface area contributed by atoms with Gasteiger partial charge in [0.15, 0.2) is 0 Å². The SMILES string of the molecule is CN1CCN(c2c(F)cc3c(=O)c4c(=O)[nH]sc4n(C4CC4)c3c2Cl)CC1. The molecule has 3 aromatic rings. The first-order valence-electron chi connectivity index (χ1n) is 8.98. The minimum absolute atomic E-state index is 0.0993. The lowest BCUT2D eigenvalue weighted by atomic mass is 10.1. The van der Waals surface area contributed by atoms with Gasteiger partial charge in [-0.05, 0) is 37.5 Å². The Morgan fingerprint density at radius 1 is 1.22 bits per heavy atom. The Morgan fingerprint density at radius 3 is 2.59 bits per heavy atom. The molecule has 9 heteroatoms. The molecule has 2 fully saturated rings. The van der Waals surface area contributed by atoms with Crippen LogP contribution in [0.5, 0.6) is 0 Å². The number of piperazine rings is 1. The molecule has 142 valence electrons. The summed E-state index contributed by atoms with van der Waals surface area (Å²) in [5.41, 5.74) is 0.0247. The third kappa shape index (κ3) is 2.54. The number of H-pyrrole nitrogens is 1. The molecule has 5 rings (SSSR count). The first-order valence-corrected chi connectivity index (χ1v) is 10.2. The third-order valence-corrected chi connectivity index (χ3v) is 6.75. The van der Waals surface area contributed by atoms with Crippen LogP contribution in [0.1, 0.15) is 18.9 Å². The second-order valence-electron chi connectivity index (χ2n) is 7.35. The maximum absolute atomic E-state index is 15.0. The number of fused-ring (bicyclic) bond motifs is 2. The van der Waals surface area contributed by atoms with Gasteiger partial charge in [0.05, 0.1) is 21.6 Å².